The molecule has 0 radical (unpaired) electrons. The molecule has 0 spiro atoms. The van der Waals surface area contributed by atoms with Crippen molar-refractivity contribution in [1.29, 1.82) is 0 Å². The maximum atomic E-state index is 12.6. The van der Waals surface area contributed by atoms with Crippen LogP contribution in [0.4, 0.5) is 0 Å². The summed E-state index contributed by atoms with van der Waals surface area (Å²) in [6.45, 7) is 5.31. The van der Waals surface area contributed by atoms with Crippen molar-refractivity contribution in [3.63, 3.8) is 0 Å². The van der Waals surface area contributed by atoms with Crippen molar-refractivity contribution >= 4 is 28.3 Å². The number of nitrogens with one attached hydrogen (secondary N) is 1. The fourth-order valence-electron chi connectivity index (χ4n) is 2.72. The van der Waals surface area contributed by atoms with Crippen molar-refractivity contribution in [1.82, 2.24) is 19.8 Å². The molecular weight excluding hydrogens is 380 g/mol. The molecule has 1 unspecified atom stereocenters. The van der Waals surface area contributed by atoms with E-state index in [1.807, 2.05) is 14.0 Å². The third kappa shape index (κ3) is 3.34. The second-order valence-electron chi connectivity index (χ2n) is 6.32. The van der Waals surface area contributed by atoms with E-state index in [4.69, 9.17) is 4.52 Å². The van der Waals surface area contributed by atoms with Gasteiger partial charge in [0.25, 0.3) is 21.8 Å². The number of halogens is 1. The molecule has 8 nitrogen and oxygen atoms in total. The Labute approximate surface area is 158 Å². The number of carbonyl (C=O) groups is 1. The average molecular weight is 401 g/mol. The van der Waals surface area contributed by atoms with E-state index in [1.165, 1.54) is 12.1 Å². The number of amides is 1. The first kappa shape index (κ1) is 20.3. The topological polar surface area (TPSA) is 105 Å². The van der Waals surface area contributed by atoms with Crippen LogP contribution >= 0.6 is 12.4 Å². The maximum Gasteiger partial charge on any atom is 0.269 e. The summed E-state index contributed by atoms with van der Waals surface area (Å²) in [4.78, 5) is 16.6. The summed E-state index contributed by atoms with van der Waals surface area (Å²) in [5.74, 6) is 0.248. The molecule has 1 aromatic heterocycles. The maximum absolute atomic E-state index is 12.6. The van der Waals surface area contributed by atoms with E-state index in [9.17, 15) is 13.2 Å². The van der Waals surface area contributed by atoms with Crippen molar-refractivity contribution in [3.8, 4) is 11.5 Å². The largest absolute Gasteiger partial charge is 0.334 e. The lowest BCUT2D eigenvalue weighted by molar-refractivity contribution is 0.0846. The molecule has 0 fully saturated rings. The van der Waals surface area contributed by atoms with E-state index in [0.29, 0.717) is 17.8 Å². The van der Waals surface area contributed by atoms with Crippen LogP contribution in [0.3, 0.4) is 0 Å². The van der Waals surface area contributed by atoms with Crippen LogP contribution in [0.15, 0.2) is 27.6 Å². The van der Waals surface area contributed by atoms with Gasteiger partial charge in [0.1, 0.15) is 4.90 Å². The summed E-state index contributed by atoms with van der Waals surface area (Å²) in [7, 11) is -2.02. The highest BCUT2D eigenvalue weighted by Gasteiger charge is 2.42. The van der Waals surface area contributed by atoms with Gasteiger partial charge in [0.2, 0.25) is 0 Å². The highest BCUT2D eigenvalue weighted by atomic mass is 35.5. The summed E-state index contributed by atoms with van der Waals surface area (Å²) in [6.07, 6.45) is 0.586. The number of hydrogen-bond acceptors (Lipinski definition) is 7. The fourth-order valence-corrected chi connectivity index (χ4v) is 4.51. The predicted octanol–water partition coefficient (Wildman–Crippen LogP) is 1.86. The molecule has 1 aliphatic heterocycles. The van der Waals surface area contributed by atoms with Gasteiger partial charge in [0.05, 0.1) is 5.56 Å². The van der Waals surface area contributed by atoms with Crippen molar-refractivity contribution in [2.75, 3.05) is 7.05 Å². The van der Waals surface area contributed by atoms with Gasteiger partial charge in [0.15, 0.2) is 5.82 Å². The average Bonchev–Trinajstić information content (AvgIpc) is 3.08. The Morgan fingerprint density at radius 1 is 1.27 bits per heavy atom. The minimum Gasteiger partial charge on any atom is -0.334 e. The molecule has 10 heteroatoms. The molecule has 2 heterocycles. The Morgan fingerprint density at radius 3 is 2.58 bits per heavy atom. The van der Waals surface area contributed by atoms with Crippen LogP contribution in [0.5, 0.6) is 0 Å². The third-order valence-electron chi connectivity index (χ3n) is 4.11. The van der Waals surface area contributed by atoms with E-state index in [1.54, 1.807) is 19.9 Å². The fraction of sp³-hybridized carbons (Fsp3) is 0.438. The number of sulfonamides is 1. The smallest absolute Gasteiger partial charge is 0.269 e. The molecule has 0 saturated heterocycles. The number of likely N-dealkylation sites (N-methyl/N-ethyl adjacent to an activating group) is 1. The second kappa shape index (κ2) is 7.34. The predicted molar refractivity (Wildman–Crippen MR) is 97.7 cm³/mol. The number of benzene rings is 1. The summed E-state index contributed by atoms with van der Waals surface area (Å²) < 4.78 is 31.4. The van der Waals surface area contributed by atoms with Crippen LogP contribution in [0, 0.1) is 0 Å². The standard InChI is InChI=1S/C16H20N4O4S.ClH/c1-9(2)20-16(21)12-6-5-11(8-13(12)25(20,22)23)15-18-14(19-24-15)7-10(3)17-4;/h5-6,8-10,17H,7H2,1-4H3;1H. The van der Waals surface area contributed by atoms with Gasteiger partial charge in [-0.15, -0.1) is 12.4 Å². The molecule has 0 bridgehead atoms. The zero-order valence-corrected chi connectivity index (χ0v) is 16.5. The first-order chi connectivity index (χ1) is 11.8. The molecule has 0 saturated carbocycles. The lowest BCUT2D eigenvalue weighted by atomic mass is 10.1. The molecule has 26 heavy (non-hydrogen) atoms. The summed E-state index contributed by atoms with van der Waals surface area (Å²) >= 11 is 0. The van der Waals surface area contributed by atoms with Gasteiger partial charge in [-0.05, 0) is 46.0 Å². The molecule has 1 amide bonds. The molecule has 142 valence electrons. The number of aromatic nitrogens is 2. The second-order valence-corrected chi connectivity index (χ2v) is 8.10. The van der Waals surface area contributed by atoms with E-state index < -0.39 is 22.0 Å². The van der Waals surface area contributed by atoms with Crippen LogP contribution in [-0.2, 0) is 16.4 Å². The molecular formula is C16H21ClN4O4S. The zero-order valence-electron chi connectivity index (χ0n) is 14.9. The van der Waals surface area contributed by atoms with Crippen molar-refractivity contribution in [3.05, 3.63) is 29.6 Å². The number of rotatable bonds is 5. The van der Waals surface area contributed by atoms with Gasteiger partial charge in [0, 0.05) is 24.1 Å². The zero-order chi connectivity index (χ0) is 18.4. The number of carbonyl (C=O) groups excluding carboxylic acids is 1. The van der Waals surface area contributed by atoms with Crippen LogP contribution in [0.2, 0.25) is 0 Å². The lowest BCUT2D eigenvalue weighted by Crippen LogP contribution is -2.36. The van der Waals surface area contributed by atoms with Crippen LogP contribution in [0.25, 0.3) is 11.5 Å². The quantitative estimate of drug-likeness (QED) is 0.816. The Kier molecular flexibility index (Phi) is 5.74. The van der Waals surface area contributed by atoms with Crippen LogP contribution in [-0.4, -0.2) is 47.9 Å². The van der Waals surface area contributed by atoms with Gasteiger partial charge in [-0.1, -0.05) is 5.16 Å². The molecule has 1 aromatic carbocycles. The number of hydrogen-bond donors (Lipinski definition) is 1. The van der Waals surface area contributed by atoms with Gasteiger partial charge in [-0.2, -0.15) is 4.98 Å². The van der Waals surface area contributed by atoms with Crippen molar-refractivity contribution in [2.45, 2.75) is 44.2 Å². The highest BCUT2D eigenvalue weighted by Crippen LogP contribution is 2.34. The van der Waals surface area contributed by atoms with Gasteiger partial charge in [-0.25, -0.2) is 12.7 Å². The minimum absolute atomic E-state index is 0. The van der Waals surface area contributed by atoms with Crippen LogP contribution < -0.4 is 5.32 Å². The van der Waals surface area contributed by atoms with E-state index in [-0.39, 0.29) is 34.8 Å². The number of nitrogens with zero attached hydrogens (tertiary/aromatic N) is 3. The molecule has 1 atom stereocenters. The molecule has 3 rings (SSSR count). The first-order valence-electron chi connectivity index (χ1n) is 7.98. The molecule has 2 aromatic rings. The van der Waals surface area contributed by atoms with Gasteiger partial charge in [-0.3, -0.25) is 4.79 Å². The van der Waals surface area contributed by atoms with E-state index in [2.05, 4.69) is 15.5 Å². The third-order valence-corrected chi connectivity index (χ3v) is 6.11. The molecule has 1 aliphatic rings. The lowest BCUT2D eigenvalue weighted by Gasteiger charge is -2.18. The minimum atomic E-state index is -3.86. The van der Waals surface area contributed by atoms with Crippen molar-refractivity contribution in [2.24, 2.45) is 0 Å². The Bertz CT molecular complexity index is 926. The normalized spacial score (nSPS) is 16.5. The van der Waals surface area contributed by atoms with E-state index in [0.717, 1.165) is 4.31 Å². The molecule has 1 N–H and O–H groups in total. The first-order valence-corrected chi connectivity index (χ1v) is 9.42. The Balaban J connectivity index is 0.00000243. The highest BCUT2D eigenvalue weighted by molar-refractivity contribution is 7.90. The van der Waals surface area contributed by atoms with Crippen molar-refractivity contribution < 1.29 is 17.7 Å². The Morgan fingerprint density at radius 2 is 1.96 bits per heavy atom. The summed E-state index contributed by atoms with van der Waals surface area (Å²) in [5.41, 5.74) is 0.637. The van der Waals surface area contributed by atoms with Crippen LogP contribution in [0.1, 0.15) is 37.0 Å². The summed E-state index contributed by atoms with van der Waals surface area (Å²) in [5, 5.41) is 7.00. The molecule has 0 aliphatic carbocycles. The van der Waals surface area contributed by atoms with Gasteiger partial charge >= 0.3 is 0 Å². The Hall–Kier alpha value is -1.97. The SMILES string of the molecule is CNC(C)Cc1noc(-c2ccc3c(c2)S(=O)(=O)N(C(C)C)C3=O)n1.Cl. The van der Waals surface area contributed by atoms with Gasteiger partial charge < -0.3 is 9.84 Å². The van der Waals surface area contributed by atoms with E-state index >= 15 is 0 Å². The number of fused-ring (bicyclic) bond motifs is 1. The summed E-state index contributed by atoms with van der Waals surface area (Å²) in [6, 6.07) is 4.26. The monoisotopic (exact) mass is 400 g/mol.